The maximum atomic E-state index is 13.7. The first-order chi connectivity index (χ1) is 9.06. The van der Waals surface area contributed by atoms with Crippen molar-refractivity contribution in [3.63, 3.8) is 0 Å². The van der Waals surface area contributed by atoms with Crippen LogP contribution in [0, 0.1) is 12.7 Å². The average molecular weight is 258 g/mol. The lowest BCUT2D eigenvalue weighted by Crippen LogP contribution is -1.99. The zero-order valence-corrected chi connectivity index (χ0v) is 10.9. The molecule has 0 bridgehead atoms. The third-order valence-corrected chi connectivity index (χ3v) is 2.82. The summed E-state index contributed by atoms with van der Waals surface area (Å²) in [6.07, 6.45) is 0. The molecule has 2 nitrogen and oxygen atoms in total. The molecule has 0 amide bonds. The van der Waals surface area contributed by atoms with E-state index in [0.29, 0.717) is 12.2 Å². The van der Waals surface area contributed by atoms with Crippen molar-refractivity contribution in [1.82, 2.24) is 0 Å². The SMILES string of the molecule is CC(=O)c1ccc(OCc2cccc(C)c2)c(F)c1. The van der Waals surface area contributed by atoms with Crippen LogP contribution < -0.4 is 4.74 Å². The van der Waals surface area contributed by atoms with E-state index in [1.54, 1.807) is 6.07 Å². The van der Waals surface area contributed by atoms with Gasteiger partial charge < -0.3 is 4.74 Å². The maximum Gasteiger partial charge on any atom is 0.165 e. The highest BCUT2D eigenvalue weighted by Crippen LogP contribution is 2.20. The summed E-state index contributed by atoms with van der Waals surface area (Å²) in [4.78, 5) is 11.1. The van der Waals surface area contributed by atoms with E-state index >= 15 is 0 Å². The van der Waals surface area contributed by atoms with Crippen molar-refractivity contribution in [3.05, 3.63) is 65.0 Å². The van der Waals surface area contributed by atoms with Gasteiger partial charge in [-0.15, -0.1) is 0 Å². The first kappa shape index (κ1) is 13.3. The van der Waals surface area contributed by atoms with Crippen LogP contribution in [-0.2, 0) is 6.61 Å². The molecule has 0 spiro atoms. The van der Waals surface area contributed by atoms with Crippen molar-refractivity contribution >= 4 is 5.78 Å². The highest BCUT2D eigenvalue weighted by molar-refractivity contribution is 5.94. The van der Waals surface area contributed by atoms with Crippen molar-refractivity contribution in [2.24, 2.45) is 0 Å². The molecule has 2 aromatic rings. The molecule has 0 radical (unpaired) electrons. The van der Waals surface area contributed by atoms with Crippen LogP contribution in [0.3, 0.4) is 0 Å². The quantitative estimate of drug-likeness (QED) is 0.777. The molecule has 19 heavy (non-hydrogen) atoms. The molecule has 2 rings (SSSR count). The molecule has 0 heterocycles. The number of hydrogen-bond donors (Lipinski definition) is 0. The highest BCUT2D eigenvalue weighted by Gasteiger charge is 2.07. The van der Waals surface area contributed by atoms with E-state index in [-0.39, 0.29) is 11.5 Å². The van der Waals surface area contributed by atoms with Gasteiger partial charge >= 0.3 is 0 Å². The van der Waals surface area contributed by atoms with Crippen molar-refractivity contribution < 1.29 is 13.9 Å². The summed E-state index contributed by atoms with van der Waals surface area (Å²) < 4.78 is 19.1. The van der Waals surface area contributed by atoms with E-state index in [1.165, 1.54) is 19.1 Å². The minimum Gasteiger partial charge on any atom is -0.486 e. The summed E-state index contributed by atoms with van der Waals surface area (Å²) in [5.41, 5.74) is 2.46. The van der Waals surface area contributed by atoms with Gasteiger partial charge in [-0.05, 0) is 37.6 Å². The van der Waals surface area contributed by atoms with E-state index < -0.39 is 5.82 Å². The molecule has 0 fully saturated rings. The molecule has 98 valence electrons. The van der Waals surface area contributed by atoms with E-state index in [0.717, 1.165) is 11.1 Å². The Morgan fingerprint density at radius 1 is 1.21 bits per heavy atom. The average Bonchev–Trinajstić information content (AvgIpc) is 2.37. The summed E-state index contributed by atoms with van der Waals surface area (Å²) in [6.45, 7) is 3.70. The second-order valence-corrected chi connectivity index (χ2v) is 4.48. The Bertz CT molecular complexity index is 605. The summed E-state index contributed by atoms with van der Waals surface area (Å²) in [5, 5.41) is 0. The fourth-order valence-electron chi connectivity index (χ4n) is 1.80. The second-order valence-electron chi connectivity index (χ2n) is 4.48. The Labute approximate surface area is 111 Å². The zero-order chi connectivity index (χ0) is 13.8. The number of aryl methyl sites for hydroxylation is 1. The van der Waals surface area contributed by atoms with Gasteiger partial charge in [-0.3, -0.25) is 4.79 Å². The number of halogens is 1. The molecule has 3 heteroatoms. The highest BCUT2D eigenvalue weighted by atomic mass is 19.1. The molecule has 0 aromatic heterocycles. The molecule has 0 aliphatic carbocycles. The zero-order valence-electron chi connectivity index (χ0n) is 10.9. The van der Waals surface area contributed by atoms with Crippen molar-refractivity contribution in [3.8, 4) is 5.75 Å². The van der Waals surface area contributed by atoms with Gasteiger partial charge in [0.1, 0.15) is 6.61 Å². The number of carbonyl (C=O) groups excluding carboxylic acids is 1. The number of ether oxygens (including phenoxy) is 1. The topological polar surface area (TPSA) is 26.3 Å². The van der Waals surface area contributed by atoms with Gasteiger partial charge in [-0.25, -0.2) is 4.39 Å². The normalized spacial score (nSPS) is 10.3. The van der Waals surface area contributed by atoms with Crippen LogP contribution in [0.25, 0.3) is 0 Å². The molecule has 0 unspecified atom stereocenters. The number of rotatable bonds is 4. The molecular weight excluding hydrogens is 243 g/mol. The minimum absolute atomic E-state index is 0.159. The van der Waals surface area contributed by atoms with Crippen LogP contribution in [0.15, 0.2) is 42.5 Å². The first-order valence-corrected chi connectivity index (χ1v) is 6.05. The predicted molar refractivity (Wildman–Crippen MR) is 71.9 cm³/mol. The van der Waals surface area contributed by atoms with Crippen molar-refractivity contribution in [2.45, 2.75) is 20.5 Å². The maximum absolute atomic E-state index is 13.7. The van der Waals surface area contributed by atoms with Gasteiger partial charge in [-0.1, -0.05) is 29.8 Å². The van der Waals surface area contributed by atoms with Gasteiger partial charge in [-0.2, -0.15) is 0 Å². The summed E-state index contributed by atoms with van der Waals surface area (Å²) >= 11 is 0. The Morgan fingerprint density at radius 3 is 2.63 bits per heavy atom. The Balaban J connectivity index is 2.10. The third-order valence-electron chi connectivity index (χ3n) is 2.82. The Hall–Kier alpha value is -2.16. The van der Waals surface area contributed by atoms with Crippen molar-refractivity contribution in [2.75, 3.05) is 0 Å². The number of carbonyl (C=O) groups is 1. The van der Waals surface area contributed by atoms with Crippen LogP contribution in [0.5, 0.6) is 5.75 Å². The van der Waals surface area contributed by atoms with Gasteiger partial charge in [0.15, 0.2) is 17.3 Å². The number of ketones is 1. The standard InChI is InChI=1S/C16H15FO2/c1-11-4-3-5-13(8-11)10-19-16-7-6-14(12(2)18)9-15(16)17/h3-9H,10H2,1-2H3. The second kappa shape index (κ2) is 5.65. The lowest BCUT2D eigenvalue weighted by molar-refractivity contribution is 0.101. The summed E-state index contributed by atoms with van der Waals surface area (Å²) in [5.74, 6) is -0.518. The van der Waals surface area contributed by atoms with Crippen LogP contribution in [0.1, 0.15) is 28.4 Å². The van der Waals surface area contributed by atoms with Gasteiger partial charge in [0.05, 0.1) is 0 Å². The number of Topliss-reactive ketones (excluding diaryl/α,β-unsaturated/α-hetero) is 1. The van der Waals surface area contributed by atoms with Crippen LogP contribution in [0.4, 0.5) is 4.39 Å². The van der Waals surface area contributed by atoms with Crippen LogP contribution in [-0.4, -0.2) is 5.78 Å². The van der Waals surface area contributed by atoms with Crippen LogP contribution >= 0.6 is 0 Å². The van der Waals surface area contributed by atoms with Crippen LogP contribution in [0.2, 0.25) is 0 Å². The molecule has 0 atom stereocenters. The molecule has 0 saturated heterocycles. The molecular formula is C16H15FO2. The Morgan fingerprint density at radius 2 is 2.00 bits per heavy atom. The monoisotopic (exact) mass is 258 g/mol. The molecule has 2 aromatic carbocycles. The van der Waals surface area contributed by atoms with Gasteiger partial charge in [0.2, 0.25) is 0 Å². The molecule has 0 N–H and O–H groups in total. The van der Waals surface area contributed by atoms with E-state index in [1.807, 2.05) is 31.2 Å². The number of benzene rings is 2. The predicted octanol–water partition coefficient (Wildman–Crippen LogP) is 3.92. The summed E-state index contributed by atoms with van der Waals surface area (Å²) in [6, 6.07) is 12.1. The van der Waals surface area contributed by atoms with Crippen molar-refractivity contribution in [1.29, 1.82) is 0 Å². The summed E-state index contributed by atoms with van der Waals surface area (Å²) in [7, 11) is 0. The minimum atomic E-state index is -0.514. The molecule has 0 saturated carbocycles. The van der Waals surface area contributed by atoms with Gasteiger partial charge in [0.25, 0.3) is 0 Å². The van der Waals surface area contributed by atoms with E-state index in [2.05, 4.69) is 0 Å². The lowest BCUT2D eigenvalue weighted by Gasteiger charge is -2.08. The third kappa shape index (κ3) is 3.41. The Kier molecular flexibility index (Phi) is 3.95. The first-order valence-electron chi connectivity index (χ1n) is 6.05. The molecule has 0 aliphatic heterocycles. The van der Waals surface area contributed by atoms with E-state index in [9.17, 15) is 9.18 Å². The molecule has 0 aliphatic rings. The smallest absolute Gasteiger partial charge is 0.165 e. The van der Waals surface area contributed by atoms with Gasteiger partial charge in [0, 0.05) is 5.56 Å². The lowest BCUT2D eigenvalue weighted by atomic mass is 10.1. The fraction of sp³-hybridized carbons (Fsp3) is 0.188. The fourth-order valence-corrected chi connectivity index (χ4v) is 1.80. The van der Waals surface area contributed by atoms with E-state index in [4.69, 9.17) is 4.74 Å². The number of hydrogen-bond acceptors (Lipinski definition) is 2. The largest absolute Gasteiger partial charge is 0.486 e.